The fourth-order valence-corrected chi connectivity index (χ4v) is 2.91. The standard InChI is InChI=1S/C17H24N2/c1-19(14-12-18)13-11-15-7-9-17(10-8-15)16-5-3-2-4-6-16/h7-10,16H,2-6,11,13-14H2,1H3. The molecule has 0 amide bonds. The molecule has 0 aromatic heterocycles. The van der Waals surface area contributed by atoms with Gasteiger partial charge in [-0.3, -0.25) is 4.90 Å². The molecule has 0 heterocycles. The predicted octanol–water partition coefficient (Wildman–Crippen LogP) is 3.73. The summed E-state index contributed by atoms with van der Waals surface area (Å²) in [4.78, 5) is 2.06. The minimum Gasteiger partial charge on any atom is -0.293 e. The summed E-state index contributed by atoms with van der Waals surface area (Å²) in [7, 11) is 2.00. The number of hydrogen-bond acceptors (Lipinski definition) is 2. The molecule has 1 aliphatic carbocycles. The van der Waals surface area contributed by atoms with Crippen LogP contribution in [0.25, 0.3) is 0 Å². The molecule has 2 heteroatoms. The van der Waals surface area contributed by atoms with E-state index in [1.807, 2.05) is 7.05 Å². The van der Waals surface area contributed by atoms with Crippen LogP contribution in [0.4, 0.5) is 0 Å². The Morgan fingerprint density at radius 1 is 1.16 bits per heavy atom. The molecule has 0 unspecified atom stereocenters. The summed E-state index contributed by atoms with van der Waals surface area (Å²) in [5.74, 6) is 0.795. The predicted molar refractivity (Wildman–Crippen MR) is 79.1 cm³/mol. The van der Waals surface area contributed by atoms with Crippen LogP contribution in [0.1, 0.15) is 49.1 Å². The molecule has 0 aliphatic heterocycles. The molecule has 2 rings (SSSR count). The number of nitriles is 1. The van der Waals surface area contributed by atoms with Gasteiger partial charge in [0.1, 0.15) is 0 Å². The maximum Gasteiger partial charge on any atom is 0.0863 e. The zero-order chi connectivity index (χ0) is 13.5. The summed E-state index contributed by atoms with van der Waals surface area (Å²) < 4.78 is 0. The molecule has 0 bridgehead atoms. The number of rotatable bonds is 5. The molecule has 1 aromatic carbocycles. The first-order chi connectivity index (χ1) is 9.29. The van der Waals surface area contributed by atoms with E-state index in [0.717, 1.165) is 18.9 Å². The maximum absolute atomic E-state index is 8.62. The van der Waals surface area contributed by atoms with Crippen molar-refractivity contribution in [3.63, 3.8) is 0 Å². The zero-order valence-corrected chi connectivity index (χ0v) is 11.9. The van der Waals surface area contributed by atoms with Crippen LogP contribution in [0.15, 0.2) is 24.3 Å². The first kappa shape index (κ1) is 14.1. The summed E-state index contributed by atoms with van der Waals surface area (Å²) in [5, 5.41) is 8.62. The number of benzene rings is 1. The molecule has 1 aliphatic rings. The topological polar surface area (TPSA) is 27.0 Å². The smallest absolute Gasteiger partial charge is 0.0863 e. The van der Waals surface area contributed by atoms with E-state index in [4.69, 9.17) is 5.26 Å². The fraction of sp³-hybridized carbons (Fsp3) is 0.588. The van der Waals surface area contributed by atoms with Crippen LogP contribution in [0.5, 0.6) is 0 Å². The van der Waals surface area contributed by atoms with Gasteiger partial charge in [-0.2, -0.15) is 5.26 Å². The minimum absolute atomic E-state index is 0.514. The van der Waals surface area contributed by atoms with E-state index in [9.17, 15) is 0 Å². The first-order valence-corrected chi connectivity index (χ1v) is 7.44. The Balaban J connectivity index is 1.85. The van der Waals surface area contributed by atoms with Crippen molar-refractivity contribution >= 4 is 0 Å². The van der Waals surface area contributed by atoms with Crippen LogP contribution in [-0.4, -0.2) is 25.0 Å². The van der Waals surface area contributed by atoms with Gasteiger partial charge in [0.05, 0.1) is 12.6 Å². The van der Waals surface area contributed by atoms with Crippen molar-refractivity contribution in [3.8, 4) is 6.07 Å². The van der Waals surface area contributed by atoms with Crippen LogP contribution in [-0.2, 0) is 6.42 Å². The summed E-state index contributed by atoms with van der Waals surface area (Å²) in [6, 6.07) is 11.3. The van der Waals surface area contributed by atoms with Crippen LogP contribution in [0.2, 0.25) is 0 Å². The Morgan fingerprint density at radius 3 is 2.47 bits per heavy atom. The molecule has 1 fully saturated rings. The molecule has 0 spiro atoms. The third-order valence-corrected chi connectivity index (χ3v) is 4.18. The number of likely N-dealkylation sites (N-methyl/N-ethyl adjacent to an activating group) is 1. The van der Waals surface area contributed by atoms with E-state index >= 15 is 0 Å². The van der Waals surface area contributed by atoms with Crippen molar-refractivity contribution < 1.29 is 0 Å². The molecule has 0 radical (unpaired) electrons. The van der Waals surface area contributed by atoms with Gasteiger partial charge in [-0.15, -0.1) is 0 Å². The lowest BCUT2D eigenvalue weighted by Crippen LogP contribution is -2.21. The summed E-state index contributed by atoms with van der Waals surface area (Å²) in [6.07, 6.45) is 7.97. The first-order valence-electron chi connectivity index (χ1n) is 7.44. The number of hydrogen-bond donors (Lipinski definition) is 0. The van der Waals surface area contributed by atoms with Crippen molar-refractivity contribution in [2.75, 3.05) is 20.1 Å². The van der Waals surface area contributed by atoms with E-state index < -0.39 is 0 Å². The highest BCUT2D eigenvalue weighted by Gasteiger charge is 2.14. The third-order valence-electron chi connectivity index (χ3n) is 4.18. The highest BCUT2D eigenvalue weighted by atomic mass is 15.1. The minimum atomic E-state index is 0.514. The zero-order valence-electron chi connectivity index (χ0n) is 11.9. The van der Waals surface area contributed by atoms with Gasteiger partial charge in [-0.25, -0.2) is 0 Å². The highest BCUT2D eigenvalue weighted by Crippen LogP contribution is 2.32. The van der Waals surface area contributed by atoms with E-state index in [1.165, 1.54) is 43.2 Å². The van der Waals surface area contributed by atoms with Gasteiger partial charge in [0.25, 0.3) is 0 Å². The maximum atomic E-state index is 8.62. The van der Waals surface area contributed by atoms with Gasteiger partial charge in [-0.05, 0) is 43.4 Å². The molecule has 1 saturated carbocycles. The Labute approximate surface area is 117 Å². The largest absolute Gasteiger partial charge is 0.293 e. The van der Waals surface area contributed by atoms with E-state index in [-0.39, 0.29) is 0 Å². The molecule has 19 heavy (non-hydrogen) atoms. The second-order valence-corrected chi connectivity index (χ2v) is 5.72. The van der Waals surface area contributed by atoms with Crippen LogP contribution >= 0.6 is 0 Å². The average molecular weight is 256 g/mol. The van der Waals surface area contributed by atoms with E-state index in [0.29, 0.717) is 6.54 Å². The van der Waals surface area contributed by atoms with Crippen molar-refractivity contribution in [1.29, 1.82) is 5.26 Å². The highest BCUT2D eigenvalue weighted by molar-refractivity contribution is 5.26. The molecule has 0 atom stereocenters. The Bertz CT molecular complexity index is 410. The van der Waals surface area contributed by atoms with Crippen molar-refractivity contribution in [1.82, 2.24) is 4.90 Å². The normalized spacial score (nSPS) is 16.5. The van der Waals surface area contributed by atoms with Crippen LogP contribution < -0.4 is 0 Å². The molecule has 1 aromatic rings. The second kappa shape index (κ2) is 7.31. The summed E-state index contributed by atoms with van der Waals surface area (Å²) >= 11 is 0. The van der Waals surface area contributed by atoms with Gasteiger partial charge in [-0.1, -0.05) is 43.5 Å². The van der Waals surface area contributed by atoms with Crippen molar-refractivity contribution in [2.45, 2.75) is 44.4 Å². The monoisotopic (exact) mass is 256 g/mol. The number of nitrogens with zero attached hydrogens (tertiary/aromatic N) is 2. The van der Waals surface area contributed by atoms with E-state index in [2.05, 4.69) is 35.2 Å². The summed E-state index contributed by atoms with van der Waals surface area (Å²) in [5.41, 5.74) is 2.90. The lowest BCUT2D eigenvalue weighted by molar-refractivity contribution is 0.379. The lowest BCUT2D eigenvalue weighted by Gasteiger charge is -2.22. The molecule has 2 nitrogen and oxygen atoms in total. The molecular weight excluding hydrogens is 232 g/mol. The fourth-order valence-electron chi connectivity index (χ4n) is 2.91. The quantitative estimate of drug-likeness (QED) is 0.751. The van der Waals surface area contributed by atoms with E-state index in [1.54, 1.807) is 0 Å². The molecule has 0 saturated heterocycles. The molecule has 102 valence electrons. The summed E-state index contributed by atoms with van der Waals surface area (Å²) in [6.45, 7) is 1.47. The van der Waals surface area contributed by atoms with Crippen LogP contribution in [0.3, 0.4) is 0 Å². The van der Waals surface area contributed by atoms with Gasteiger partial charge >= 0.3 is 0 Å². The van der Waals surface area contributed by atoms with Crippen molar-refractivity contribution in [3.05, 3.63) is 35.4 Å². The van der Waals surface area contributed by atoms with Crippen LogP contribution in [0, 0.1) is 11.3 Å². The van der Waals surface area contributed by atoms with Gasteiger partial charge in [0.2, 0.25) is 0 Å². The van der Waals surface area contributed by atoms with Gasteiger partial charge in [0, 0.05) is 6.54 Å². The molecule has 0 N–H and O–H groups in total. The lowest BCUT2D eigenvalue weighted by atomic mass is 9.84. The average Bonchev–Trinajstić information content (AvgIpc) is 2.47. The van der Waals surface area contributed by atoms with Crippen molar-refractivity contribution in [2.24, 2.45) is 0 Å². The van der Waals surface area contributed by atoms with Gasteiger partial charge < -0.3 is 0 Å². The second-order valence-electron chi connectivity index (χ2n) is 5.72. The molecular formula is C17H24N2. The SMILES string of the molecule is CN(CC#N)CCc1ccc(C2CCCCC2)cc1. The Morgan fingerprint density at radius 2 is 1.84 bits per heavy atom. The third kappa shape index (κ3) is 4.36. The van der Waals surface area contributed by atoms with Gasteiger partial charge in [0.15, 0.2) is 0 Å². The Hall–Kier alpha value is -1.33. The Kier molecular flexibility index (Phi) is 5.42.